The highest BCUT2D eigenvalue weighted by molar-refractivity contribution is 6.03. The number of nitrogens with one attached hydrogen (secondary N) is 2. The standard InChI is InChI=1S/C25H28N4O/c1-15-7-6-8-18(11-15)27-24-28-20-13-25(4,5)14-21(30)22(20)23(29-24)26-19-10-9-16(2)17(3)12-19/h6-12H,13-14H2,1-5H3,(H2,26,27,28,29). The Morgan fingerprint density at radius 2 is 1.63 bits per heavy atom. The SMILES string of the molecule is Cc1cccc(Nc2nc3c(c(Nc4ccc(C)c(C)c4)n2)C(=O)CC(C)(C)C3)c1. The summed E-state index contributed by atoms with van der Waals surface area (Å²) in [6.45, 7) is 10.4. The lowest BCUT2D eigenvalue weighted by molar-refractivity contribution is 0.0911. The van der Waals surface area contributed by atoms with Gasteiger partial charge in [-0.1, -0.05) is 32.0 Å². The van der Waals surface area contributed by atoms with E-state index in [1.165, 1.54) is 11.1 Å². The maximum atomic E-state index is 13.0. The van der Waals surface area contributed by atoms with Gasteiger partial charge in [0, 0.05) is 17.8 Å². The number of fused-ring (bicyclic) bond motifs is 1. The molecular formula is C25H28N4O. The molecular weight excluding hydrogens is 372 g/mol. The largest absolute Gasteiger partial charge is 0.339 e. The number of Topliss-reactive ketones (excluding diaryl/α,β-unsaturated/α-hetero) is 1. The molecule has 5 nitrogen and oxygen atoms in total. The Balaban J connectivity index is 1.78. The van der Waals surface area contributed by atoms with E-state index in [1.54, 1.807) is 0 Å². The van der Waals surface area contributed by atoms with Crippen LogP contribution < -0.4 is 10.6 Å². The van der Waals surface area contributed by atoms with E-state index < -0.39 is 0 Å². The Morgan fingerprint density at radius 3 is 2.37 bits per heavy atom. The summed E-state index contributed by atoms with van der Waals surface area (Å²) >= 11 is 0. The summed E-state index contributed by atoms with van der Waals surface area (Å²) in [5.41, 5.74) is 6.71. The highest BCUT2D eigenvalue weighted by Crippen LogP contribution is 2.38. The van der Waals surface area contributed by atoms with Gasteiger partial charge in [0.05, 0.1) is 11.3 Å². The minimum absolute atomic E-state index is 0.0923. The minimum Gasteiger partial charge on any atom is -0.339 e. The van der Waals surface area contributed by atoms with Crippen LogP contribution in [0.25, 0.3) is 0 Å². The van der Waals surface area contributed by atoms with Crippen LogP contribution in [0, 0.1) is 26.2 Å². The average Bonchev–Trinajstić information content (AvgIpc) is 2.63. The van der Waals surface area contributed by atoms with Crippen LogP contribution in [0.15, 0.2) is 42.5 Å². The lowest BCUT2D eigenvalue weighted by atomic mass is 9.75. The molecule has 1 aromatic heterocycles. The summed E-state index contributed by atoms with van der Waals surface area (Å²) in [6, 6.07) is 14.2. The number of rotatable bonds is 4. The number of ketones is 1. The smallest absolute Gasteiger partial charge is 0.229 e. The van der Waals surface area contributed by atoms with Gasteiger partial charge in [-0.15, -0.1) is 0 Å². The first-order valence-electron chi connectivity index (χ1n) is 10.3. The number of benzene rings is 2. The molecule has 0 fully saturated rings. The van der Waals surface area contributed by atoms with Gasteiger partial charge < -0.3 is 10.6 Å². The van der Waals surface area contributed by atoms with Crippen LogP contribution >= 0.6 is 0 Å². The zero-order valence-electron chi connectivity index (χ0n) is 18.3. The molecule has 0 saturated carbocycles. The molecule has 2 N–H and O–H groups in total. The van der Waals surface area contributed by atoms with Gasteiger partial charge in [-0.05, 0) is 73.6 Å². The highest BCUT2D eigenvalue weighted by atomic mass is 16.1. The molecule has 5 heteroatoms. The second kappa shape index (κ2) is 7.56. The number of aryl methyl sites for hydroxylation is 3. The molecule has 1 heterocycles. The molecule has 0 saturated heterocycles. The third-order valence-electron chi connectivity index (χ3n) is 5.59. The quantitative estimate of drug-likeness (QED) is 0.558. The molecule has 0 radical (unpaired) electrons. The molecule has 0 amide bonds. The van der Waals surface area contributed by atoms with E-state index >= 15 is 0 Å². The van der Waals surface area contributed by atoms with Gasteiger partial charge in [0.25, 0.3) is 0 Å². The van der Waals surface area contributed by atoms with Crippen LogP contribution in [0.1, 0.15) is 53.0 Å². The van der Waals surface area contributed by atoms with Gasteiger partial charge in [-0.25, -0.2) is 4.98 Å². The van der Waals surface area contributed by atoms with Crippen molar-refractivity contribution in [2.45, 2.75) is 47.5 Å². The summed E-state index contributed by atoms with van der Waals surface area (Å²) in [5, 5.41) is 6.69. The monoisotopic (exact) mass is 400 g/mol. The number of hydrogen-bond acceptors (Lipinski definition) is 5. The van der Waals surface area contributed by atoms with Crippen molar-refractivity contribution in [3.63, 3.8) is 0 Å². The third-order valence-corrected chi connectivity index (χ3v) is 5.59. The van der Waals surface area contributed by atoms with Gasteiger partial charge in [0.1, 0.15) is 5.82 Å². The van der Waals surface area contributed by atoms with Crippen molar-refractivity contribution in [2.75, 3.05) is 10.6 Å². The van der Waals surface area contributed by atoms with Crippen molar-refractivity contribution in [1.82, 2.24) is 9.97 Å². The van der Waals surface area contributed by atoms with Gasteiger partial charge in [0.15, 0.2) is 5.78 Å². The second-order valence-electron chi connectivity index (χ2n) is 9.08. The van der Waals surface area contributed by atoms with Crippen molar-refractivity contribution in [1.29, 1.82) is 0 Å². The average molecular weight is 401 g/mol. The first-order valence-corrected chi connectivity index (χ1v) is 10.3. The summed E-state index contributed by atoms with van der Waals surface area (Å²) in [4.78, 5) is 22.4. The summed E-state index contributed by atoms with van der Waals surface area (Å²) < 4.78 is 0. The van der Waals surface area contributed by atoms with Crippen molar-refractivity contribution in [3.8, 4) is 0 Å². The highest BCUT2D eigenvalue weighted by Gasteiger charge is 2.35. The van der Waals surface area contributed by atoms with Gasteiger partial charge in [-0.2, -0.15) is 4.98 Å². The third kappa shape index (κ3) is 4.20. The molecule has 1 aliphatic carbocycles. The molecule has 0 unspecified atom stereocenters. The predicted octanol–water partition coefficient (Wildman–Crippen LogP) is 6.04. The van der Waals surface area contributed by atoms with Crippen LogP contribution in [0.5, 0.6) is 0 Å². The second-order valence-corrected chi connectivity index (χ2v) is 9.08. The molecule has 0 aliphatic heterocycles. The van der Waals surface area contributed by atoms with E-state index in [9.17, 15) is 4.79 Å². The van der Waals surface area contributed by atoms with E-state index in [0.717, 1.165) is 29.1 Å². The van der Waals surface area contributed by atoms with E-state index in [0.29, 0.717) is 23.8 Å². The molecule has 0 bridgehead atoms. The summed E-state index contributed by atoms with van der Waals surface area (Å²) in [6.07, 6.45) is 1.23. The van der Waals surface area contributed by atoms with Crippen LogP contribution in [0.2, 0.25) is 0 Å². The fourth-order valence-corrected chi connectivity index (χ4v) is 3.92. The lowest BCUT2D eigenvalue weighted by Crippen LogP contribution is -2.29. The number of carbonyl (C=O) groups is 1. The van der Waals surface area contributed by atoms with E-state index in [1.807, 2.05) is 37.3 Å². The van der Waals surface area contributed by atoms with Gasteiger partial charge in [0.2, 0.25) is 5.95 Å². The lowest BCUT2D eigenvalue weighted by Gasteiger charge is -2.30. The Bertz CT molecular complexity index is 1130. The Labute approximate surface area is 178 Å². The maximum Gasteiger partial charge on any atom is 0.229 e. The first kappa shape index (κ1) is 20.1. The van der Waals surface area contributed by atoms with Crippen LogP contribution in [-0.4, -0.2) is 15.8 Å². The first-order chi connectivity index (χ1) is 14.2. The fourth-order valence-electron chi connectivity index (χ4n) is 3.92. The van der Waals surface area contributed by atoms with Crippen molar-refractivity contribution >= 4 is 28.9 Å². The maximum absolute atomic E-state index is 13.0. The topological polar surface area (TPSA) is 66.9 Å². The number of hydrogen-bond donors (Lipinski definition) is 2. The molecule has 4 rings (SSSR count). The zero-order valence-corrected chi connectivity index (χ0v) is 18.3. The molecule has 2 aromatic carbocycles. The van der Waals surface area contributed by atoms with Crippen LogP contribution in [0.3, 0.4) is 0 Å². The fraction of sp³-hybridized carbons (Fsp3) is 0.320. The normalized spacial score (nSPS) is 14.9. The number of anilines is 4. The Morgan fingerprint density at radius 1 is 0.867 bits per heavy atom. The molecule has 30 heavy (non-hydrogen) atoms. The van der Waals surface area contributed by atoms with Crippen LogP contribution in [0.4, 0.5) is 23.1 Å². The Hall–Kier alpha value is -3.21. The predicted molar refractivity (Wildman–Crippen MR) is 122 cm³/mol. The van der Waals surface area contributed by atoms with E-state index in [-0.39, 0.29) is 11.2 Å². The van der Waals surface area contributed by atoms with Crippen molar-refractivity contribution in [3.05, 3.63) is 70.4 Å². The number of carbonyl (C=O) groups excluding carboxylic acids is 1. The Kier molecular flexibility index (Phi) is 5.06. The summed E-state index contributed by atoms with van der Waals surface area (Å²) in [7, 11) is 0. The van der Waals surface area contributed by atoms with Crippen molar-refractivity contribution < 1.29 is 4.79 Å². The minimum atomic E-state index is -0.114. The van der Waals surface area contributed by atoms with Crippen LogP contribution in [-0.2, 0) is 6.42 Å². The van der Waals surface area contributed by atoms with Crippen molar-refractivity contribution in [2.24, 2.45) is 5.41 Å². The molecule has 154 valence electrons. The molecule has 0 atom stereocenters. The number of nitrogens with zero attached hydrogens (tertiary/aromatic N) is 2. The molecule has 1 aliphatic rings. The molecule has 0 spiro atoms. The molecule has 3 aromatic rings. The zero-order chi connectivity index (χ0) is 21.5. The number of aromatic nitrogens is 2. The van der Waals surface area contributed by atoms with Gasteiger partial charge >= 0.3 is 0 Å². The van der Waals surface area contributed by atoms with Gasteiger partial charge in [-0.3, -0.25) is 4.79 Å². The summed E-state index contributed by atoms with van der Waals surface area (Å²) in [5.74, 6) is 1.16. The van der Waals surface area contributed by atoms with E-state index in [2.05, 4.69) is 50.5 Å². The van der Waals surface area contributed by atoms with E-state index in [4.69, 9.17) is 9.97 Å².